The van der Waals surface area contributed by atoms with E-state index in [0.29, 0.717) is 22.7 Å². The van der Waals surface area contributed by atoms with Gasteiger partial charge in [0.15, 0.2) is 0 Å². The van der Waals surface area contributed by atoms with Crippen molar-refractivity contribution in [1.82, 2.24) is 5.32 Å². The van der Waals surface area contributed by atoms with Gasteiger partial charge in [0.1, 0.15) is 5.76 Å². The third-order valence-corrected chi connectivity index (χ3v) is 2.71. The zero-order chi connectivity index (χ0) is 14.5. The van der Waals surface area contributed by atoms with Gasteiger partial charge in [0.2, 0.25) is 0 Å². The van der Waals surface area contributed by atoms with Crippen LogP contribution in [0.15, 0.2) is 41.0 Å². The number of nitrogens with one attached hydrogen (secondary N) is 3. The van der Waals surface area contributed by atoms with Crippen LogP contribution in [0.3, 0.4) is 0 Å². The first-order valence-electron chi connectivity index (χ1n) is 6.04. The van der Waals surface area contributed by atoms with Crippen LogP contribution in [0.25, 0.3) is 0 Å². The van der Waals surface area contributed by atoms with E-state index in [1.165, 1.54) is 13.3 Å². The third kappa shape index (κ3) is 3.17. The molecule has 0 aliphatic carbocycles. The minimum atomic E-state index is -0.320. The molecule has 0 atom stereocenters. The molecule has 0 fully saturated rings. The quantitative estimate of drug-likeness (QED) is 0.803. The Kier molecular flexibility index (Phi) is 4.05. The van der Waals surface area contributed by atoms with Gasteiger partial charge in [-0.05, 0) is 31.2 Å². The Balaban J connectivity index is 2.10. The highest BCUT2D eigenvalue weighted by atomic mass is 16.3. The van der Waals surface area contributed by atoms with E-state index in [2.05, 4.69) is 16.0 Å². The summed E-state index contributed by atoms with van der Waals surface area (Å²) < 4.78 is 5.09. The number of rotatable bonds is 3. The fraction of sp³-hybridized carbons (Fsp3) is 0.143. The molecule has 0 saturated heterocycles. The molecule has 0 aliphatic heterocycles. The van der Waals surface area contributed by atoms with Crippen molar-refractivity contribution in [2.24, 2.45) is 0 Å². The number of benzene rings is 1. The van der Waals surface area contributed by atoms with E-state index in [4.69, 9.17) is 4.42 Å². The van der Waals surface area contributed by atoms with Crippen molar-refractivity contribution < 1.29 is 14.0 Å². The molecule has 3 amide bonds. The van der Waals surface area contributed by atoms with E-state index in [1.54, 1.807) is 37.3 Å². The SMILES string of the molecule is CNC(=O)Nc1cccc(NC(=O)c2ccoc2C)c1. The monoisotopic (exact) mass is 273 g/mol. The van der Waals surface area contributed by atoms with Gasteiger partial charge in [-0.2, -0.15) is 0 Å². The molecule has 0 radical (unpaired) electrons. The summed E-state index contributed by atoms with van der Waals surface area (Å²) in [6, 6.07) is 8.17. The second-order valence-corrected chi connectivity index (χ2v) is 4.13. The van der Waals surface area contributed by atoms with Crippen molar-refractivity contribution in [3.8, 4) is 0 Å². The number of carbonyl (C=O) groups excluding carboxylic acids is 2. The zero-order valence-electron chi connectivity index (χ0n) is 11.2. The maximum atomic E-state index is 12.0. The number of carbonyl (C=O) groups is 2. The third-order valence-electron chi connectivity index (χ3n) is 2.71. The second-order valence-electron chi connectivity index (χ2n) is 4.13. The van der Waals surface area contributed by atoms with Crippen LogP contribution in [0.2, 0.25) is 0 Å². The number of hydrogen-bond donors (Lipinski definition) is 3. The summed E-state index contributed by atoms with van der Waals surface area (Å²) in [5, 5.41) is 7.83. The van der Waals surface area contributed by atoms with Crippen LogP contribution >= 0.6 is 0 Å². The average molecular weight is 273 g/mol. The van der Waals surface area contributed by atoms with Gasteiger partial charge in [0.05, 0.1) is 11.8 Å². The largest absolute Gasteiger partial charge is 0.469 e. The molecule has 104 valence electrons. The van der Waals surface area contributed by atoms with Gasteiger partial charge in [-0.15, -0.1) is 0 Å². The molecule has 0 spiro atoms. The van der Waals surface area contributed by atoms with Crippen LogP contribution in [0, 0.1) is 6.92 Å². The maximum Gasteiger partial charge on any atom is 0.318 e. The average Bonchev–Trinajstić information content (AvgIpc) is 2.85. The van der Waals surface area contributed by atoms with Crippen molar-refractivity contribution in [2.45, 2.75) is 6.92 Å². The van der Waals surface area contributed by atoms with E-state index in [1.807, 2.05) is 0 Å². The van der Waals surface area contributed by atoms with Crippen LogP contribution < -0.4 is 16.0 Å². The number of amides is 3. The van der Waals surface area contributed by atoms with Gasteiger partial charge in [-0.3, -0.25) is 4.79 Å². The Hall–Kier alpha value is -2.76. The van der Waals surface area contributed by atoms with Crippen LogP contribution in [0.5, 0.6) is 0 Å². The summed E-state index contributed by atoms with van der Waals surface area (Å²) in [6.45, 7) is 1.72. The summed E-state index contributed by atoms with van der Waals surface area (Å²) in [4.78, 5) is 23.2. The first kappa shape index (κ1) is 13.7. The van der Waals surface area contributed by atoms with E-state index in [0.717, 1.165) is 0 Å². The Morgan fingerprint density at radius 1 is 1.10 bits per heavy atom. The van der Waals surface area contributed by atoms with Crippen molar-refractivity contribution in [3.05, 3.63) is 47.9 Å². The molecule has 0 unspecified atom stereocenters. The lowest BCUT2D eigenvalue weighted by Gasteiger charge is -2.08. The molecule has 1 aromatic heterocycles. The molecule has 20 heavy (non-hydrogen) atoms. The fourth-order valence-electron chi connectivity index (χ4n) is 1.69. The standard InChI is InChI=1S/C14H15N3O3/c1-9-12(6-7-20-9)13(18)16-10-4-3-5-11(8-10)17-14(19)15-2/h3-8H,1-2H3,(H,16,18)(H2,15,17,19). The van der Waals surface area contributed by atoms with E-state index in [9.17, 15) is 9.59 Å². The number of hydrogen-bond acceptors (Lipinski definition) is 3. The summed E-state index contributed by atoms with van der Waals surface area (Å²) in [5.74, 6) is 0.301. The Bertz CT molecular complexity index is 634. The predicted molar refractivity (Wildman–Crippen MR) is 75.9 cm³/mol. The first-order chi connectivity index (χ1) is 9.60. The van der Waals surface area contributed by atoms with Gasteiger partial charge < -0.3 is 20.4 Å². The molecule has 6 heteroatoms. The fourth-order valence-corrected chi connectivity index (χ4v) is 1.69. The minimum Gasteiger partial charge on any atom is -0.469 e. The Morgan fingerprint density at radius 3 is 2.40 bits per heavy atom. The highest BCUT2D eigenvalue weighted by molar-refractivity contribution is 6.05. The van der Waals surface area contributed by atoms with Crippen molar-refractivity contribution in [2.75, 3.05) is 17.7 Å². The summed E-state index contributed by atoms with van der Waals surface area (Å²) >= 11 is 0. The summed E-state index contributed by atoms with van der Waals surface area (Å²) in [6.07, 6.45) is 1.47. The number of aryl methyl sites for hydroxylation is 1. The minimum absolute atomic E-state index is 0.256. The normalized spacial score (nSPS) is 9.90. The molecule has 6 nitrogen and oxygen atoms in total. The molecule has 0 bridgehead atoms. The van der Waals surface area contributed by atoms with Gasteiger partial charge in [-0.1, -0.05) is 6.07 Å². The first-order valence-corrected chi connectivity index (χ1v) is 6.04. The number of anilines is 2. The molecule has 1 aromatic carbocycles. The lowest BCUT2D eigenvalue weighted by Crippen LogP contribution is -2.24. The molecular formula is C14H15N3O3. The predicted octanol–water partition coefficient (Wildman–Crippen LogP) is 2.59. The number of furan rings is 1. The second kappa shape index (κ2) is 5.92. The van der Waals surface area contributed by atoms with Crippen LogP contribution in [-0.4, -0.2) is 19.0 Å². The van der Waals surface area contributed by atoms with Gasteiger partial charge in [0.25, 0.3) is 5.91 Å². The van der Waals surface area contributed by atoms with Crippen LogP contribution in [0.1, 0.15) is 16.1 Å². The molecule has 0 aliphatic rings. The van der Waals surface area contributed by atoms with E-state index in [-0.39, 0.29) is 11.9 Å². The van der Waals surface area contributed by atoms with Crippen molar-refractivity contribution >= 4 is 23.3 Å². The van der Waals surface area contributed by atoms with E-state index < -0.39 is 0 Å². The zero-order valence-corrected chi connectivity index (χ0v) is 11.2. The lowest BCUT2D eigenvalue weighted by molar-refractivity contribution is 0.102. The van der Waals surface area contributed by atoms with E-state index >= 15 is 0 Å². The molecule has 3 N–H and O–H groups in total. The van der Waals surface area contributed by atoms with Gasteiger partial charge in [-0.25, -0.2) is 4.79 Å². The molecule has 1 heterocycles. The molecule has 2 aromatic rings. The molecular weight excluding hydrogens is 258 g/mol. The highest BCUT2D eigenvalue weighted by Crippen LogP contribution is 2.17. The Morgan fingerprint density at radius 2 is 1.80 bits per heavy atom. The Labute approximate surface area is 116 Å². The van der Waals surface area contributed by atoms with Gasteiger partial charge >= 0.3 is 6.03 Å². The smallest absolute Gasteiger partial charge is 0.318 e. The molecule has 0 saturated carbocycles. The lowest BCUT2D eigenvalue weighted by atomic mass is 10.2. The topological polar surface area (TPSA) is 83.4 Å². The summed E-state index contributed by atoms with van der Waals surface area (Å²) in [5.41, 5.74) is 1.66. The number of urea groups is 1. The summed E-state index contributed by atoms with van der Waals surface area (Å²) in [7, 11) is 1.53. The van der Waals surface area contributed by atoms with Crippen molar-refractivity contribution in [3.63, 3.8) is 0 Å². The van der Waals surface area contributed by atoms with Gasteiger partial charge in [0, 0.05) is 18.4 Å². The van der Waals surface area contributed by atoms with Crippen LogP contribution in [0.4, 0.5) is 16.2 Å². The molecule has 2 rings (SSSR count). The van der Waals surface area contributed by atoms with Crippen LogP contribution in [-0.2, 0) is 0 Å². The highest BCUT2D eigenvalue weighted by Gasteiger charge is 2.11. The van der Waals surface area contributed by atoms with Crippen molar-refractivity contribution in [1.29, 1.82) is 0 Å². The maximum absolute atomic E-state index is 12.0.